The Morgan fingerprint density at radius 2 is 1.93 bits per heavy atom. The number of ether oxygens (including phenoxy) is 1. The smallest absolute Gasteiger partial charge is 0.306 e. The molecule has 218 valence electrons. The highest BCUT2D eigenvalue weighted by molar-refractivity contribution is 5.70. The first kappa shape index (κ1) is 28.0. The minimum Gasteiger partial charge on any atom is -0.469 e. The number of nitrogens with zero attached hydrogens (tertiary/aromatic N) is 4. The number of rotatable bonds is 9. The minimum atomic E-state index is -0.187. The van der Waals surface area contributed by atoms with Crippen molar-refractivity contribution in [2.24, 2.45) is 0 Å². The number of aromatic nitrogens is 3. The second-order valence-corrected chi connectivity index (χ2v) is 11.6. The van der Waals surface area contributed by atoms with Gasteiger partial charge in [0.05, 0.1) is 24.9 Å². The fourth-order valence-corrected chi connectivity index (χ4v) is 6.24. The van der Waals surface area contributed by atoms with Crippen molar-refractivity contribution >= 4 is 17.6 Å². The molecule has 6 rings (SSSR count). The Morgan fingerprint density at radius 3 is 2.76 bits per heavy atom. The van der Waals surface area contributed by atoms with Crippen molar-refractivity contribution < 1.29 is 9.53 Å². The molecule has 2 aliphatic rings. The number of methoxy groups -OCH3 is 1. The SMILES string of the molecule is COC(=O)C[C@H](CN1CCc2ccc(CNc3ccc4c(n3)NCCC4)cc2C1)c1cccc(-n2nc(C)cc2C)c1. The van der Waals surface area contributed by atoms with E-state index in [0.29, 0.717) is 6.42 Å². The van der Waals surface area contributed by atoms with E-state index in [0.717, 1.165) is 86.3 Å². The molecule has 8 heteroatoms. The number of benzene rings is 2. The van der Waals surface area contributed by atoms with E-state index >= 15 is 0 Å². The maximum absolute atomic E-state index is 12.5. The lowest BCUT2D eigenvalue weighted by molar-refractivity contribution is -0.141. The Bertz CT molecular complexity index is 1580. The van der Waals surface area contributed by atoms with Crippen LogP contribution in [-0.4, -0.2) is 52.4 Å². The van der Waals surface area contributed by atoms with Gasteiger partial charge in [0.25, 0.3) is 0 Å². The van der Waals surface area contributed by atoms with Crippen LogP contribution in [0.2, 0.25) is 0 Å². The lowest BCUT2D eigenvalue weighted by atomic mass is 9.92. The number of hydrogen-bond acceptors (Lipinski definition) is 7. The first-order valence-corrected chi connectivity index (χ1v) is 15.0. The third-order valence-corrected chi connectivity index (χ3v) is 8.44. The summed E-state index contributed by atoms with van der Waals surface area (Å²) in [4.78, 5) is 19.7. The lowest BCUT2D eigenvalue weighted by Crippen LogP contribution is -2.34. The molecule has 4 aromatic rings. The van der Waals surface area contributed by atoms with Gasteiger partial charge in [-0.05, 0) is 85.2 Å². The van der Waals surface area contributed by atoms with Gasteiger partial charge in [-0.2, -0.15) is 5.10 Å². The zero-order valence-corrected chi connectivity index (χ0v) is 24.8. The quantitative estimate of drug-likeness (QED) is 0.258. The number of carbonyl (C=O) groups is 1. The van der Waals surface area contributed by atoms with Crippen molar-refractivity contribution in [1.29, 1.82) is 0 Å². The summed E-state index contributed by atoms with van der Waals surface area (Å²) in [5.74, 6) is 1.74. The molecule has 2 aromatic carbocycles. The van der Waals surface area contributed by atoms with Gasteiger partial charge in [0.1, 0.15) is 11.6 Å². The van der Waals surface area contributed by atoms with Crippen LogP contribution in [-0.2, 0) is 35.5 Å². The highest BCUT2D eigenvalue weighted by atomic mass is 16.5. The molecule has 0 spiro atoms. The number of fused-ring (bicyclic) bond motifs is 2. The van der Waals surface area contributed by atoms with Gasteiger partial charge >= 0.3 is 5.97 Å². The highest BCUT2D eigenvalue weighted by Crippen LogP contribution is 2.28. The summed E-state index contributed by atoms with van der Waals surface area (Å²) in [5.41, 5.74) is 9.51. The number of carbonyl (C=O) groups excluding carboxylic acids is 1. The van der Waals surface area contributed by atoms with E-state index in [1.807, 2.05) is 11.6 Å². The van der Waals surface area contributed by atoms with Crippen LogP contribution in [0, 0.1) is 13.8 Å². The second kappa shape index (κ2) is 12.4. The summed E-state index contributed by atoms with van der Waals surface area (Å²) in [6.07, 6.45) is 3.59. The Kier molecular flexibility index (Phi) is 8.24. The van der Waals surface area contributed by atoms with Crippen molar-refractivity contribution in [3.05, 3.63) is 99.9 Å². The Morgan fingerprint density at radius 1 is 1.05 bits per heavy atom. The number of hydrogen-bond donors (Lipinski definition) is 2. The molecule has 2 N–H and O–H groups in total. The van der Waals surface area contributed by atoms with Crippen molar-refractivity contribution in [3.63, 3.8) is 0 Å². The van der Waals surface area contributed by atoms with E-state index in [4.69, 9.17) is 9.72 Å². The topological polar surface area (TPSA) is 84.3 Å². The predicted octanol–water partition coefficient (Wildman–Crippen LogP) is 5.56. The number of anilines is 2. The van der Waals surface area contributed by atoms with Gasteiger partial charge in [-0.25, -0.2) is 9.67 Å². The average Bonchev–Trinajstić information content (AvgIpc) is 3.36. The highest BCUT2D eigenvalue weighted by Gasteiger charge is 2.24. The molecule has 0 saturated carbocycles. The molecule has 0 unspecified atom stereocenters. The van der Waals surface area contributed by atoms with Crippen LogP contribution in [0.25, 0.3) is 5.69 Å². The predicted molar refractivity (Wildman–Crippen MR) is 166 cm³/mol. The Labute approximate surface area is 248 Å². The molecular formula is C34H40N6O2. The van der Waals surface area contributed by atoms with Gasteiger partial charge in [0, 0.05) is 44.3 Å². The largest absolute Gasteiger partial charge is 0.469 e. The molecule has 0 amide bonds. The number of aryl methyl sites for hydroxylation is 3. The van der Waals surface area contributed by atoms with E-state index in [9.17, 15) is 4.79 Å². The van der Waals surface area contributed by atoms with Crippen LogP contribution >= 0.6 is 0 Å². The molecule has 2 aromatic heterocycles. The molecular weight excluding hydrogens is 524 g/mol. The van der Waals surface area contributed by atoms with Crippen LogP contribution in [0.3, 0.4) is 0 Å². The number of pyridine rings is 1. The average molecular weight is 565 g/mol. The summed E-state index contributed by atoms with van der Waals surface area (Å²) in [5, 5.41) is 11.6. The standard InChI is InChI=1S/C34H40N6O2/c1-23-16-24(2)40(38-23)31-8-4-6-28(18-31)30(19-33(41)42-3)22-39-15-13-26-10-9-25(17-29(26)21-39)20-36-32-12-11-27-7-5-14-35-34(27)37-32/h4,6,8-12,16-18,30H,5,7,13-15,19-22H2,1-3H3,(H2,35,36,37)/t30-/m1/s1. The van der Waals surface area contributed by atoms with Crippen molar-refractivity contribution in [2.75, 3.05) is 37.4 Å². The Balaban J connectivity index is 1.16. The molecule has 8 nitrogen and oxygen atoms in total. The zero-order chi connectivity index (χ0) is 29.1. The minimum absolute atomic E-state index is 0.0180. The zero-order valence-electron chi connectivity index (χ0n) is 24.8. The van der Waals surface area contributed by atoms with E-state index in [-0.39, 0.29) is 11.9 Å². The summed E-state index contributed by atoms with van der Waals surface area (Å²) in [6, 6.07) is 21.6. The van der Waals surface area contributed by atoms with Gasteiger partial charge in [-0.1, -0.05) is 36.4 Å². The van der Waals surface area contributed by atoms with Gasteiger partial charge in [0.2, 0.25) is 0 Å². The molecule has 42 heavy (non-hydrogen) atoms. The fourth-order valence-electron chi connectivity index (χ4n) is 6.24. The van der Waals surface area contributed by atoms with Crippen LogP contribution in [0.1, 0.15) is 58.0 Å². The van der Waals surface area contributed by atoms with Crippen LogP contribution < -0.4 is 10.6 Å². The first-order valence-electron chi connectivity index (χ1n) is 15.0. The van der Waals surface area contributed by atoms with Gasteiger partial charge in [-0.3, -0.25) is 9.69 Å². The third-order valence-electron chi connectivity index (χ3n) is 8.44. The van der Waals surface area contributed by atoms with Crippen molar-refractivity contribution in [2.45, 2.75) is 58.5 Å². The second-order valence-electron chi connectivity index (χ2n) is 11.6. The summed E-state index contributed by atoms with van der Waals surface area (Å²) >= 11 is 0. The lowest BCUT2D eigenvalue weighted by Gasteiger charge is -2.32. The molecule has 0 saturated heterocycles. The normalized spacial score (nSPS) is 15.3. The van der Waals surface area contributed by atoms with Gasteiger partial charge in [-0.15, -0.1) is 0 Å². The van der Waals surface area contributed by atoms with E-state index in [1.54, 1.807) is 0 Å². The van der Waals surface area contributed by atoms with Crippen molar-refractivity contribution in [1.82, 2.24) is 19.7 Å². The molecule has 0 fully saturated rings. The Hall–Kier alpha value is -4.17. The summed E-state index contributed by atoms with van der Waals surface area (Å²) in [6.45, 7) is 8.39. The molecule has 0 bridgehead atoms. The molecule has 0 radical (unpaired) electrons. The van der Waals surface area contributed by atoms with Crippen LogP contribution in [0.4, 0.5) is 11.6 Å². The van der Waals surface area contributed by atoms with E-state index < -0.39 is 0 Å². The first-order chi connectivity index (χ1) is 20.4. The van der Waals surface area contributed by atoms with Crippen LogP contribution in [0.15, 0.2) is 60.7 Å². The number of esters is 1. The monoisotopic (exact) mass is 564 g/mol. The maximum atomic E-state index is 12.5. The summed E-state index contributed by atoms with van der Waals surface area (Å²) in [7, 11) is 1.47. The maximum Gasteiger partial charge on any atom is 0.306 e. The van der Waals surface area contributed by atoms with Gasteiger partial charge < -0.3 is 15.4 Å². The third kappa shape index (κ3) is 6.34. The van der Waals surface area contributed by atoms with E-state index in [1.165, 1.54) is 29.4 Å². The van der Waals surface area contributed by atoms with Gasteiger partial charge in [0.15, 0.2) is 0 Å². The molecule has 4 heterocycles. The molecule has 1 atom stereocenters. The van der Waals surface area contributed by atoms with Crippen LogP contribution in [0.5, 0.6) is 0 Å². The number of nitrogens with one attached hydrogen (secondary N) is 2. The molecule has 0 aliphatic carbocycles. The fraction of sp³-hybridized carbons (Fsp3) is 0.382. The summed E-state index contributed by atoms with van der Waals surface area (Å²) < 4.78 is 7.07. The van der Waals surface area contributed by atoms with E-state index in [2.05, 4.69) is 88.2 Å². The molecule has 2 aliphatic heterocycles. The van der Waals surface area contributed by atoms with Crippen molar-refractivity contribution in [3.8, 4) is 5.69 Å².